The highest BCUT2D eigenvalue weighted by molar-refractivity contribution is 6.32. The Hall–Kier alpha value is -2.50. The van der Waals surface area contributed by atoms with Gasteiger partial charge in [-0.3, -0.25) is 4.90 Å². The maximum absolute atomic E-state index is 15.0. The van der Waals surface area contributed by atoms with Crippen molar-refractivity contribution >= 4 is 34.3 Å². The molecule has 2 N–H and O–H groups in total. The zero-order valence-corrected chi connectivity index (χ0v) is 19.0. The SMILES string of the molecule is CCOc1nc(Nc2cnn(C3CC(N4CCOCC4)CCC3(F)F)c2Cl)nc2[nH]ccc12. The lowest BCUT2D eigenvalue weighted by Crippen LogP contribution is -2.49. The van der Waals surface area contributed by atoms with E-state index in [1.807, 2.05) is 13.0 Å². The lowest BCUT2D eigenvalue weighted by atomic mass is 9.86. The van der Waals surface area contributed by atoms with Crippen LogP contribution in [-0.4, -0.2) is 74.5 Å². The van der Waals surface area contributed by atoms with E-state index in [0.29, 0.717) is 43.5 Å². The molecule has 1 saturated heterocycles. The number of ether oxygens (including phenoxy) is 2. The van der Waals surface area contributed by atoms with Crippen molar-refractivity contribution in [3.63, 3.8) is 0 Å². The zero-order valence-electron chi connectivity index (χ0n) is 18.2. The standard InChI is InChI=1S/C21H26ClF2N7O2/c1-2-33-19-14-4-6-25-18(14)28-20(29-19)27-15-12-26-31(17(15)22)16-11-13(3-5-21(16,23)24)30-7-9-32-10-8-30/h4,6,12-13,16H,2-3,5,7-11H2,1H3,(H2,25,27,28,29). The monoisotopic (exact) mass is 481 g/mol. The Labute approximate surface area is 194 Å². The van der Waals surface area contributed by atoms with E-state index in [4.69, 9.17) is 21.1 Å². The van der Waals surface area contributed by atoms with Gasteiger partial charge in [-0.15, -0.1) is 0 Å². The van der Waals surface area contributed by atoms with Gasteiger partial charge in [0, 0.05) is 31.7 Å². The number of alkyl halides is 2. The van der Waals surface area contributed by atoms with Gasteiger partial charge in [0.15, 0.2) is 5.15 Å². The number of halogens is 3. The number of hydrogen-bond donors (Lipinski definition) is 2. The number of morpholine rings is 1. The van der Waals surface area contributed by atoms with Crippen molar-refractivity contribution in [3.8, 4) is 5.88 Å². The zero-order chi connectivity index (χ0) is 23.0. The molecule has 1 aliphatic carbocycles. The first-order valence-electron chi connectivity index (χ1n) is 11.1. The predicted octanol–water partition coefficient (Wildman–Crippen LogP) is 4.01. The molecule has 1 saturated carbocycles. The molecule has 1 aliphatic heterocycles. The second kappa shape index (κ2) is 9.03. The van der Waals surface area contributed by atoms with Crippen LogP contribution in [0, 0.1) is 0 Å². The van der Waals surface area contributed by atoms with Crippen molar-refractivity contribution in [3.05, 3.63) is 23.6 Å². The smallest absolute Gasteiger partial charge is 0.270 e. The summed E-state index contributed by atoms with van der Waals surface area (Å²) in [6.07, 6.45) is 3.68. The van der Waals surface area contributed by atoms with Crippen LogP contribution in [0.25, 0.3) is 11.0 Å². The van der Waals surface area contributed by atoms with E-state index < -0.39 is 12.0 Å². The summed E-state index contributed by atoms with van der Waals surface area (Å²) in [5.41, 5.74) is 0.945. The van der Waals surface area contributed by atoms with Crippen molar-refractivity contribution in [1.82, 2.24) is 29.6 Å². The number of rotatable bonds is 6. The van der Waals surface area contributed by atoms with E-state index in [0.717, 1.165) is 18.5 Å². The van der Waals surface area contributed by atoms with Crippen molar-refractivity contribution in [2.24, 2.45) is 0 Å². The second-order valence-corrected chi connectivity index (χ2v) is 8.66. The summed E-state index contributed by atoms with van der Waals surface area (Å²) in [6, 6.07) is 0.737. The summed E-state index contributed by atoms with van der Waals surface area (Å²) >= 11 is 6.54. The molecule has 3 aromatic rings. The van der Waals surface area contributed by atoms with Crippen LogP contribution in [-0.2, 0) is 4.74 Å². The third-order valence-electron chi connectivity index (χ3n) is 6.29. The van der Waals surface area contributed by atoms with Crippen molar-refractivity contribution in [2.45, 2.75) is 44.2 Å². The van der Waals surface area contributed by atoms with Crippen molar-refractivity contribution in [1.29, 1.82) is 0 Å². The lowest BCUT2D eigenvalue weighted by molar-refractivity contribution is -0.106. The van der Waals surface area contributed by atoms with Gasteiger partial charge < -0.3 is 19.8 Å². The molecular weight excluding hydrogens is 456 g/mol. The van der Waals surface area contributed by atoms with Crippen LogP contribution in [0.2, 0.25) is 5.15 Å². The summed E-state index contributed by atoms with van der Waals surface area (Å²) in [5, 5.41) is 8.07. The van der Waals surface area contributed by atoms with E-state index in [2.05, 4.69) is 30.3 Å². The Balaban J connectivity index is 1.39. The van der Waals surface area contributed by atoms with E-state index in [9.17, 15) is 8.78 Å². The largest absolute Gasteiger partial charge is 0.477 e. The second-order valence-electron chi connectivity index (χ2n) is 8.30. The minimum atomic E-state index is -2.91. The molecule has 0 spiro atoms. The van der Waals surface area contributed by atoms with E-state index in [1.54, 1.807) is 6.20 Å². The van der Waals surface area contributed by atoms with Crippen LogP contribution in [0.4, 0.5) is 20.4 Å². The molecule has 0 bridgehead atoms. The first-order chi connectivity index (χ1) is 16.0. The molecule has 9 nitrogen and oxygen atoms in total. The third kappa shape index (κ3) is 4.36. The molecule has 2 atom stereocenters. The minimum Gasteiger partial charge on any atom is -0.477 e. The molecule has 33 heavy (non-hydrogen) atoms. The Kier molecular flexibility index (Phi) is 6.11. The fourth-order valence-electron chi connectivity index (χ4n) is 4.61. The van der Waals surface area contributed by atoms with Gasteiger partial charge in [-0.25, -0.2) is 13.5 Å². The average molecular weight is 482 g/mol. The van der Waals surface area contributed by atoms with E-state index in [1.165, 1.54) is 10.9 Å². The number of nitrogens with one attached hydrogen (secondary N) is 2. The normalized spacial score (nSPS) is 23.6. The first-order valence-corrected chi connectivity index (χ1v) is 11.5. The van der Waals surface area contributed by atoms with Gasteiger partial charge in [-0.2, -0.15) is 15.1 Å². The van der Waals surface area contributed by atoms with E-state index in [-0.39, 0.29) is 30.0 Å². The van der Waals surface area contributed by atoms with Gasteiger partial charge in [0.2, 0.25) is 11.8 Å². The molecule has 12 heteroatoms. The third-order valence-corrected chi connectivity index (χ3v) is 6.67. The average Bonchev–Trinajstić information content (AvgIpc) is 3.42. The van der Waals surface area contributed by atoms with Gasteiger partial charge in [0.05, 0.1) is 37.1 Å². The van der Waals surface area contributed by atoms with Gasteiger partial charge in [0.25, 0.3) is 5.92 Å². The lowest BCUT2D eigenvalue weighted by Gasteiger charge is -2.42. The molecular formula is C21H26ClF2N7O2. The summed E-state index contributed by atoms with van der Waals surface area (Å²) in [6.45, 7) is 5.07. The van der Waals surface area contributed by atoms with Crippen LogP contribution in [0.3, 0.4) is 0 Å². The summed E-state index contributed by atoms with van der Waals surface area (Å²) in [5.74, 6) is -2.25. The van der Waals surface area contributed by atoms with Crippen LogP contribution < -0.4 is 10.1 Å². The molecule has 4 heterocycles. The molecule has 178 valence electrons. The molecule has 2 aliphatic rings. The van der Waals surface area contributed by atoms with Crippen molar-refractivity contribution in [2.75, 3.05) is 38.2 Å². The number of hydrogen-bond acceptors (Lipinski definition) is 7. The molecule has 3 aromatic heterocycles. The highest BCUT2D eigenvalue weighted by Gasteiger charge is 2.48. The number of aromatic nitrogens is 5. The summed E-state index contributed by atoms with van der Waals surface area (Å²) in [7, 11) is 0. The number of nitrogens with zero attached hydrogens (tertiary/aromatic N) is 5. The fourth-order valence-corrected chi connectivity index (χ4v) is 4.87. The highest BCUT2D eigenvalue weighted by Crippen LogP contribution is 2.45. The molecule has 5 rings (SSSR count). The molecule has 2 fully saturated rings. The van der Waals surface area contributed by atoms with E-state index >= 15 is 0 Å². The highest BCUT2D eigenvalue weighted by atomic mass is 35.5. The van der Waals surface area contributed by atoms with Crippen LogP contribution in [0.15, 0.2) is 18.5 Å². The Morgan fingerprint density at radius 1 is 1.33 bits per heavy atom. The van der Waals surface area contributed by atoms with Gasteiger partial charge in [-0.1, -0.05) is 11.6 Å². The van der Waals surface area contributed by atoms with Crippen LogP contribution in [0.1, 0.15) is 32.2 Å². The Morgan fingerprint density at radius 3 is 2.94 bits per heavy atom. The minimum absolute atomic E-state index is 0.0440. The number of H-pyrrole nitrogens is 1. The summed E-state index contributed by atoms with van der Waals surface area (Å²) < 4.78 is 42.2. The maximum atomic E-state index is 15.0. The molecule has 2 unspecified atom stereocenters. The van der Waals surface area contributed by atoms with Gasteiger partial charge in [0.1, 0.15) is 11.7 Å². The number of aromatic amines is 1. The summed E-state index contributed by atoms with van der Waals surface area (Å²) in [4.78, 5) is 14.1. The molecule has 0 amide bonds. The number of fused-ring (bicyclic) bond motifs is 1. The Bertz CT molecular complexity index is 1120. The van der Waals surface area contributed by atoms with Gasteiger partial charge in [-0.05, 0) is 25.8 Å². The topological polar surface area (TPSA) is 93.1 Å². The quantitative estimate of drug-likeness (QED) is 0.549. The van der Waals surface area contributed by atoms with Gasteiger partial charge >= 0.3 is 0 Å². The first kappa shape index (κ1) is 22.3. The predicted molar refractivity (Wildman–Crippen MR) is 120 cm³/mol. The van der Waals surface area contributed by atoms with Crippen molar-refractivity contribution < 1.29 is 18.3 Å². The van der Waals surface area contributed by atoms with Crippen LogP contribution in [0.5, 0.6) is 5.88 Å². The Morgan fingerprint density at radius 2 is 2.15 bits per heavy atom. The maximum Gasteiger partial charge on any atom is 0.270 e. The molecule has 0 radical (unpaired) electrons. The molecule has 0 aromatic carbocycles. The fraction of sp³-hybridized carbons (Fsp3) is 0.571. The van der Waals surface area contributed by atoms with Crippen LogP contribution >= 0.6 is 11.6 Å². The number of anilines is 2.